The number of nitriles is 1. The maximum Gasteiger partial charge on any atom is 0.262 e. The van der Waals surface area contributed by atoms with Crippen molar-refractivity contribution in [2.24, 2.45) is 0 Å². The summed E-state index contributed by atoms with van der Waals surface area (Å²) < 4.78 is 0. The van der Waals surface area contributed by atoms with Crippen molar-refractivity contribution in [3.8, 4) is 6.07 Å². The van der Waals surface area contributed by atoms with Gasteiger partial charge in [-0.3, -0.25) is 4.79 Å². The van der Waals surface area contributed by atoms with E-state index >= 15 is 0 Å². The van der Waals surface area contributed by atoms with Gasteiger partial charge in [0, 0.05) is 6.54 Å². The quantitative estimate of drug-likeness (QED) is 0.523. The highest BCUT2D eigenvalue weighted by Crippen LogP contribution is 2.20. The van der Waals surface area contributed by atoms with Crippen LogP contribution < -0.4 is 5.32 Å². The zero-order valence-electron chi connectivity index (χ0n) is 11.0. The Bertz CT molecular complexity index is 718. The lowest BCUT2D eigenvalue weighted by atomic mass is 10.0. The summed E-state index contributed by atoms with van der Waals surface area (Å²) in [6.07, 6.45) is 3.19. The van der Waals surface area contributed by atoms with Crippen molar-refractivity contribution in [1.82, 2.24) is 5.32 Å². The minimum atomic E-state index is -0.389. The van der Waals surface area contributed by atoms with E-state index in [9.17, 15) is 4.79 Å². The van der Waals surface area contributed by atoms with E-state index in [4.69, 9.17) is 5.26 Å². The molecule has 0 fully saturated rings. The molecular weight excluding hydrogens is 248 g/mol. The molecule has 1 amide bonds. The van der Waals surface area contributed by atoms with Crippen molar-refractivity contribution in [3.05, 3.63) is 66.3 Å². The first-order valence-corrected chi connectivity index (χ1v) is 6.25. The molecule has 3 heteroatoms. The van der Waals surface area contributed by atoms with Gasteiger partial charge in [-0.2, -0.15) is 5.26 Å². The van der Waals surface area contributed by atoms with Gasteiger partial charge in [0.2, 0.25) is 0 Å². The molecule has 0 spiro atoms. The van der Waals surface area contributed by atoms with Crippen LogP contribution in [0.25, 0.3) is 16.8 Å². The predicted octanol–water partition coefficient (Wildman–Crippen LogP) is 3.05. The van der Waals surface area contributed by atoms with Crippen LogP contribution in [0.5, 0.6) is 0 Å². The number of amides is 1. The van der Waals surface area contributed by atoms with E-state index in [2.05, 4.69) is 11.9 Å². The first-order valence-electron chi connectivity index (χ1n) is 6.25. The van der Waals surface area contributed by atoms with Crippen LogP contribution in [0.1, 0.15) is 5.56 Å². The molecule has 0 heterocycles. The van der Waals surface area contributed by atoms with Crippen molar-refractivity contribution < 1.29 is 4.79 Å². The number of benzene rings is 2. The van der Waals surface area contributed by atoms with E-state index in [0.717, 1.165) is 16.3 Å². The number of fused-ring (bicyclic) bond motifs is 1. The molecule has 0 aromatic heterocycles. The second-order valence-corrected chi connectivity index (χ2v) is 4.24. The van der Waals surface area contributed by atoms with E-state index in [0.29, 0.717) is 6.54 Å². The van der Waals surface area contributed by atoms with Crippen molar-refractivity contribution in [2.75, 3.05) is 6.54 Å². The Kier molecular flexibility index (Phi) is 4.31. The Hall–Kier alpha value is -2.86. The Morgan fingerprint density at radius 3 is 2.75 bits per heavy atom. The van der Waals surface area contributed by atoms with E-state index in [1.54, 1.807) is 12.2 Å². The third-order valence-corrected chi connectivity index (χ3v) is 2.90. The van der Waals surface area contributed by atoms with E-state index in [1.807, 2.05) is 48.5 Å². The second-order valence-electron chi connectivity index (χ2n) is 4.24. The molecule has 0 atom stereocenters. The second kappa shape index (κ2) is 6.35. The third-order valence-electron chi connectivity index (χ3n) is 2.90. The fourth-order valence-corrected chi connectivity index (χ4v) is 1.94. The van der Waals surface area contributed by atoms with Crippen LogP contribution in [0.3, 0.4) is 0 Å². The maximum absolute atomic E-state index is 11.8. The van der Waals surface area contributed by atoms with Crippen molar-refractivity contribution in [3.63, 3.8) is 0 Å². The lowest BCUT2D eigenvalue weighted by Gasteiger charge is -2.04. The fourth-order valence-electron chi connectivity index (χ4n) is 1.94. The van der Waals surface area contributed by atoms with Crippen LogP contribution in [-0.2, 0) is 4.79 Å². The normalized spacial score (nSPS) is 10.8. The molecule has 0 aliphatic rings. The minimum Gasteiger partial charge on any atom is -0.348 e. The molecule has 98 valence electrons. The maximum atomic E-state index is 11.8. The van der Waals surface area contributed by atoms with Gasteiger partial charge in [-0.05, 0) is 22.4 Å². The lowest BCUT2D eigenvalue weighted by molar-refractivity contribution is -0.116. The topological polar surface area (TPSA) is 52.9 Å². The first-order chi connectivity index (χ1) is 9.76. The summed E-state index contributed by atoms with van der Waals surface area (Å²) in [7, 11) is 0. The summed E-state index contributed by atoms with van der Waals surface area (Å²) in [5.74, 6) is -0.389. The Morgan fingerprint density at radius 2 is 2.00 bits per heavy atom. The zero-order chi connectivity index (χ0) is 14.4. The van der Waals surface area contributed by atoms with Gasteiger partial charge in [-0.25, -0.2) is 0 Å². The van der Waals surface area contributed by atoms with Crippen LogP contribution in [0.15, 0.2) is 60.7 Å². The van der Waals surface area contributed by atoms with Gasteiger partial charge in [0.1, 0.15) is 11.6 Å². The van der Waals surface area contributed by atoms with Crippen molar-refractivity contribution in [2.45, 2.75) is 0 Å². The molecule has 3 nitrogen and oxygen atoms in total. The largest absolute Gasteiger partial charge is 0.348 e. The van der Waals surface area contributed by atoms with Gasteiger partial charge in [-0.1, -0.05) is 48.5 Å². The molecule has 0 radical (unpaired) electrons. The van der Waals surface area contributed by atoms with Crippen molar-refractivity contribution >= 4 is 22.8 Å². The van der Waals surface area contributed by atoms with Crippen LogP contribution in [0.2, 0.25) is 0 Å². The fraction of sp³-hybridized carbons (Fsp3) is 0.0588. The van der Waals surface area contributed by atoms with Gasteiger partial charge >= 0.3 is 0 Å². The highest BCUT2D eigenvalue weighted by atomic mass is 16.1. The number of nitrogens with zero attached hydrogens (tertiary/aromatic N) is 1. The summed E-state index contributed by atoms with van der Waals surface area (Å²) in [6, 6.07) is 15.6. The SMILES string of the molecule is C=CCNC(=O)/C(C#N)=C\c1cccc2ccccc12. The molecule has 0 bridgehead atoms. The highest BCUT2D eigenvalue weighted by Gasteiger charge is 2.08. The summed E-state index contributed by atoms with van der Waals surface area (Å²) in [4.78, 5) is 11.8. The summed E-state index contributed by atoms with van der Waals surface area (Å²) in [5.41, 5.74) is 0.941. The lowest BCUT2D eigenvalue weighted by Crippen LogP contribution is -2.24. The average Bonchev–Trinajstić information content (AvgIpc) is 2.50. The van der Waals surface area contributed by atoms with E-state index in [-0.39, 0.29) is 11.5 Å². The number of carbonyl (C=O) groups is 1. The number of hydrogen-bond donors (Lipinski definition) is 1. The Balaban J connectivity index is 2.43. The van der Waals surface area contributed by atoms with Crippen LogP contribution in [-0.4, -0.2) is 12.5 Å². The standard InChI is InChI=1S/C17H14N2O/c1-2-10-19-17(20)15(12-18)11-14-8-5-7-13-6-3-4-9-16(13)14/h2-9,11H,1,10H2,(H,19,20)/b15-11-. The van der Waals surface area contributed by atoms with Crippen LogP contribution in [0, 0.1) is 11.3 Å². The smallest absolute Gasteiger partial charge is 0.262 e. The molecule has 0 saturated carbocycles. The number of carbonyl (C=O) groups excluding carboxylic acids is 1. The minimum absolute atomic E-state index is 0.0863. The number of rotatable bonds is 4. The Labute approximate surface area is 117 Å². The van der Waals surface area contributed by atoms with Crippen molar-refractivity contribution in [1.29, 1.82) is 5.26 Å². The number of nitrogens with one attached hydrogen (secondary N) is 1. The predicted molar refractivity (Wildman–Crippen MR) is 80.7 cm³/mol. The molecule has 0 unspecified atom stereocenters. The molecule has 2 rings (SSSR count). The molecular formula is C17H14N2O. The Morgan fingerprint density at radius 1 is 1.25 bits per heavy atom. The molecule has 2 aromatic rings. The van der Waals surface area contributed by atoms with Gasteiger partial charge in [0.15, 0.2) is 0 Å². The summed E-state index contributed by atoms with van der Waals surface area (Å²) in [6.45, 7) is 3.87. The van der Waals surface area contributed by atoms with Crippen LogP contribution in [0.4, 0.5) is 0 Å². The summed E-state index contributed by atoms with van der Waals surface area (Å²) in [5, 5.41) is 13.8. The molecule has 0 saturated heterocycles. The summed E-state index contributed by atoms with van der Waals surface area (Å²) >= 11 is 0. The molecule has 0 aliphatic carbocycles. The third kappa shape index (κ3) is 2.93. The van der Waals surface area contributed by atoms with Gasteiger partial charge in [0.25, 0.3) is 5.91 Å². The van der Waals surface area contributed by atoms with Crippen LogP contribution >= 0.6 is 0 Å². The monoisotopic (exact) mass is 262 g/mol. The van der Waals surface area contributed by atoms with Gasteiger partial charge in [0.05, 0.1) is 0 Å². The molecule has 0 aliphatic heterocycles. The molecule has 2 aromatic carbocycles. The molecule has 20 heavy (non-hydrogen) atoms. The average molecular weight is 262 g/mol. The first kappa shape index (κ1) is 13.6. The van der Waals surface area contributed by atoms with E-state index in [1.165, 1.54) is 0 Å². The molecule has 1 N–H and O–H groups in total. The van der Waals surface area contributed by atoms with Gasteiger partial charge < -0.3 is 5.32 Å². The number of hydrogen-bond acceptors (Lipinski definition) is 2. The zero-order valence-corrected chi connectivity index (χ0v) is 11.0. The van der Waals surface area contributed by atoms with E-state index < -0.39 is 0 Å². The van der Waals surface area contributed by atoms with Gasteiger partial charge in [-0.15, -0.1) is 6.58 Å². The highest BCUT2D eigenvalue weighted by molar-refractivity contribution is 6.04.